The standard InChI is InChI=1S/C23H20F3N3O2/c24-19-8-7-18(20(25)21(19)26)23(31)29-13-9-16(10-14-29)27-22(30)15-3-5-17(6-4-15)28-11-1-2-12-28/h1-8,11-12,16H,9-10,13-14H2,(H,27,30). The van der Waals surface area contributed by atoms with Crippen LogP contribution < -0.4 is 5.32 Å². The van der Waals surface area contributed by atoms with E-state index in [9.17, 15) is 22.8 Å². The fourth-order valence-electron chi connectivity index (χ4n) is 3.65. The van der Waals surface area contributed by atoms with Gasteiger partial charge in [-0.15, -0.1) is 0 Å². The molecule has 4 rings (SSSR count). The van der Waals surface area contributed by atoms with Crippen molar-refractivity contribution in [3.8, 4) is 5.69 Å². The molecule has 1 saturated heterocycles. The minimum Gasteiger partial charge on any atom is -0.349 e. The van der Waals surface area contributed by atoms with E-state index in [1.54, 1.807) is 12.1 Å². The van der Waals surface area contributed by atoms with Crippen LogP contribution >= 0.6 is 0 Å². The van der Waals surface area contributed by atoms with Crippen LogP contribution in [0.15, 0.2) is 60.9 Å². The summed E-state index contributed by atoms with van der Waals surface area (Å²) in [5, 5.41) is 2.95. The molecule has 1 N–H and O–H groups in total. The third-order valence-corrected chi connectivity index (χ3v) is 5.42. The predicted molar refractivity (Wildman–Crippen MR) is 108 cm³/mol. The Morgan fingerprint density at radius 1 is 0.871 bits per heavy atom. The third kappa shape index (κ3) is 4.33. The number of carbonyl (C=O) groups is 2. The lowest BCUT2D eigenvalue weighted by atomic mass is 10.0. The number of aromatic nitrogens is 1. The van der Waals surface area contributed by atoms with Crippen LogP contribution in [0, 0.1) is 17.5 Å². The molecule has 0 unspecified atom stereocenters. The van der Waals surface area contributed by atoms with Gasteiger partial charge in [0.25, 0.3) is 11.8 Å². The van der Waals surface area contributed by atoms with E-state index < -0.39 is 28.9 Å². The van der Waals surface area contributed by atoms with Crippen molar-refractivity contribution >= 4 is 11.8 Å². The van der Waals surface area contributed by atoms with E-state index in [2.05, 4.69) is 5.32 Å². The number of likely N-dealkylation sites (tertiary alicyclic amines) is 1. The minimum absolute atomic E-state index is 0.143. The van der Waals surface area contributed by atoms with Gasteiger partial charge in [0.15, 0.2) is 17.5 Å². The fraction of sp³-hybridized carbons (Fsp3) is 0.217. The number of benzene rings is 2. The highest BCUT2D eigenvalue weighted by Crippen LogP contribution is 2.20. The van der Waals surface area contributed by atoms with E-state index in [0.717, 1.165) is 17.8 Å². The number of hydrogen-bond acceptors (Lipinski definition) is 2. The SMILES string of the molecule is O=C(NC1CCN(C(=O)c2ccc(F)c(F)c2F)CC1)c1ccc(-n2cccc2)cc1. The first kappa shape index (κ1) is 20.7. The van der Waals surface area contributed by atoms with Crippen molar-refractivity contribution in [2.24, 2.45) is 0 Å². The van der Waals surface area contributed by atoms with Gasteiger partial charge in [0.1, 0.15) is 0 Å². The van der Waals surface area contributed by atoms with E-state index in [1.165, 1.54) is 4.90 Å². The molecule has 1 aliphatic rings. The zero-order valence-corrected chi connectivity index (χ0v) is 16.5. The molecular formula is C23H20F3N3O2. The molecule has 8 heteroatoms. The van der Waals surface area contributed by atoms with Crippen molar-refractivity contribution in [1.29, 1.82) is 0 Å². The maximum absolute atomic E-state index is 13.9. The topological polar surface area (TPSA) is 54.3 Å². The molecule has 31 heavy (non-hydrogen) atoms. The number of rotatable bonds is 4. The van der Waals surface area contributed by atoms with Crippen LogP contribution in [-0.2, 0) is 0 Å². The van der Waals surface area contributed by atoms with Crippen LogP contribution in [0.25, 0.3) is 5.69 Å². The highest BCUT2D eigenvalue weighted by Gasteiger charge is 2.28. The second-order valence-electron chi connectivity index (χ2n) is 7.40. The van der Waals surface area contributed by atoms with Crippen molar-refractivity contribution in [2.75, 3.05) is 13.1 Å². The molecule has 1 aliphatic heterocycles. The van der Waals surface area contributed by atoms with Crippen molar-refractivity contribution in [3.63, 3.8) is 0 Å². The lowest BCUT2D eigenvalue weighted by molar-refractivity contribution is 0.0692. The summed E-state index contributed by atoms with van der Waals surface area (Å²) in [5.74, 6) is -5.38. The van der Waals surface area contributed by atoms with Crippen LogP contribution in [0.3, 0.4) is 0 Å². The van der Waals surface area contributed by atoms with Gasteiger partial charge in [0.05, 0.1) is 5.56 Å². The van der Waals surface area contributed by atoms with Crippen LogP contribution in [0.1, 0.15) is 33.6 Å². The Kier molecular flexibility index (Phi) is 5.79. The maximum atomic E-state index is 13.9. The van der Waals surface area contributed by atoms with E-state index in [0.29, 0.717) is 18.4 Å². The second kappa shape index (κ2) is 8.67. The Labute approximate surface area is 177 Å². The molecule has 0 bridgehead atoms. The van der Waals surface area contributed by atoms with Crippen LogP contribution in [0.5, 0.6) is 0 Å². The molecule has 1 fully saturated rings. The first-order chi connectivity index (χ1) is 14.9. The summed E-state index contributed by atoms with van der Waals surface area (Å²) in [6.45, 7) is 0.545. The van der Waals surface area contributed by atoms with Gasteiger partial charge >= 0.3 is 0 Å². The van der Waals surface area contributed by atoms with E-state index >= 15 is 0 Å². The average molecular weight is 427 g/mol. The van der Waals surface area contributed by atoms with Crippen LogP contribution in [0.2, 0.25) is 0 Å². The quantitative estimate of drug-likeness (QED) is 0.642. The van der Waals surface area contributed by atoms with Crippen LogP contribution in [0.4, 0.5) is 13.2 Å². The van der Waals surface area contributed by atoms with Gasteiger partial charge in [-0.3, -0.25) is 9.59 Å². The van der Waals surface area contributed by atoms with Crippen molar-refractivity contribution in [1.82, 2.24) is 14.8 Å². The summed E-state index contributed by atoms with van der Waals surface area (Å²) >= 11 is 0. The summed E-state index contributed by atoms with van der Waals surface area (Å²) in [7, 11) is 0. The minimum atomic E-state index is -1.66. The first-order valence-electron chi connectivity index (χ1n) is 9.91. The molecule has 0 aliphatic carbocycles. The highest BCUT2D eigenvalue weighted by molar-refractivity contribution is 5.95. The zero-order chi connectivity index (χ0) is 22.0. The summed E-state index contributed by atoms with van der Waals surface area (Å²) in [6.07, 6.45) is 4.78. The van der Waals surface area contributed by atoms with E-state index in [1.807, 2.05) is 41.2 Å². The number of nitrogens with zero attached hydrogens (tertiary/aromatic N) is 2. The number of carbonyl (C=O) groups excluding carboxylic acids is 2. The number of halogens is 3. The van der Waals surface area contributed by atoms with Gasteiger partial charge in [0.2, 0.25) is 0 Å². The van der Waals surface area contributed by atoms with Gasteiger partial charge in [0, 0.05) is 42.8 Å². The number of hydrogen-bond donors (Lipinski definition) is 1. The predicted octanol–water partition coefficient (Wildman–Crippen LogP) is 3.93. The van der Waals surface area contributed by atoms with Crippen LogP contribution in [-0.4, -0.2) is 40.4 Å². The summed E-state index contributed by atoms with van der Waals surface area (Å²) in [4.78, 5) is 26.4. The highest BCUT2D eigenvalue weighted by atomic mass is 19.2. The van der Waals surface area contributed by atoms with Crippen molar-refractivity contribution in [2.45, 2.75) is 18.9 Å². The Balaban J connectivity index is 1.33. The summed E-state index contributed by atoms with van der Waals surface area (Å²) in [5.41, 5.74) is 0.972. The molecule has 3 aromatic rings. The Morgan fingerprint density at radius 2 is 1.52 bits per heavy atom. The number of nitrogens with one attached hydrogen (secondary N) is 1. The van der Waals surface area contributed by atoms with Gasteiger partial charge in [-0.2, -0.15) is 0 Å². The maximum Gasteiger partial charge on any atom is 0.256 e. The number of piperidine rings is 1. The Bertz CT molecular complexity index is 1090. The van der Waals surface area contributed by atoms with Crippen molar-refractivity contribution in [3.05, 3.63) is 89.5 Å². The molecule has 0 radical (unpaired) electrons. The van der Waals surface area contributed by atoms with Gasteiger partial charge in [-0.25, -0.2) is 13.2 Å². The normalized spacial score (nSPS) is 14.5. The fourth-order valence-corrected chi connectivity index (χ4v) is 3.65. The molecule has 0 atom stereocenters. The Hall–Kier alpha value is -3.55. The monoisotopic (exact) mass is 427 g/mol. The molecule has 2 aromatic carbocycles. The zero-order valence-electron chi connectivity index (χ0n) is 16.5. The summed E-state index contributed by atoms with van der Waals surface area (Å²) < 4.78 is 42.3. The van der Waals surface area contributed by atoms with Gasteiger partial charge in [-0.1, -0.05) is 0 Å². The molecule has 0 spiro atoms. The summed E-state index contributed by atoms with van der Waals surface area (Å²) in [6, 6.07) is 12.6. The first-order valence-corrected chi connectivity index (χ1v) is 9.91. The second-order valence-corrected chi connectivity index (χ2v) is 7.40. The Morgan fingerprint density at radius 3 is 2.16 bits per heavy atom. The number of amides is 2. The van der Waals surface area contributed by atoms with E-state index in [4.69, 9.17) is 0 Å². The lowest BCUT2D eigenvalue weighted by Crippen LogP contribution is -2.46. The van der Waals surface area contributed by atoms with Crippen molar-refractivity contribution < 1.29 is 22.8 Å². The smallest absolute Gasteiger partial charge is 0.256 e. The largest absolute Gasteiger partial charge is 0.349 e. The third-order valence-electron chi connectivity index (χ3n) is 5.42. The molecule has 2 heterocycles. The van der Waals surface area contributed by atoms with Gasteiger partial charge in [-0.05, 0) is 61.4 Å². The molecule has 2 amide bonds. The average Bonchev–Trinajstić information content (AvgIpc) is 3.33. The van der Waals surface area contributed by atoms with E-state index in [-0.39, 0.29) is 25.0 Å². The molecule has 5 nitrogen and oxygen atoms in total. The molecule has 160 valence electrons. The molecule has 0 saturated carbocycles. The van der Waals surface area contributed by atoms with Gasteiger partial charge < -0.3 is 14.8 Å². The molecular weight excluding hydrogens is 407 g/mol. The lowest BCUT2D eigenvalue weighted by Gasteiger charge is -2.32. The molecule has 1 aromatic heterocycles.